The molecule has 1 aromatic carbocycles. The molecule has 7 heteroatoms. The first-order valence-electron chi connectivity index (χ1n) is 12.2. The molecule has 1 amide bonds. The highest BCUT2D eigenvalue weighted by Crippen LogP contribution is 2.34. The second-order valence-electron chi connectivity index (χ2n) is 9.43. The summed E-state index contributed by atoms with van der Waals surface area (Å²) in [4.78, 5) is 36.0. The Morgan fingerprint density at radius 2 is 1.85 bits per heavy atom. The van der Waals surface area contributed by atoms with Crippen molar-refractivity contribution in [2.45, 2.75) is 51.1 Å². The predicted octanol–water partition coefficient (Wildman–Crippen LogP) is 4.18. The zero-order valence-corrected chi connectivity index (χ0v) is 19.9. The Balaban J connectivity index is 1.22. The highest BCUT2D eigenvalue weighted by Gasteiger charge is 2.24. The molecule has 174 valence electrons. The Kier molecular flexibility index (Phi) is 5.67. The molecule has 6 nitrogen and oxygen atoms in total. The minimum absolute atomic E-state index is 0.0525. The van der Waals surface area contributed by atoms with Crippen molar-refractivity contribution in [3.63, 3.8) is 0 Å². The Hall–Kier alpha value is -3.03. The lowest BCUT2D eigenvalue weighted by Gasteiger charge is -2.32. The van der Waals surface area contributed by atoms with Crippen LogP contribution in [-0.4, -0.2) is 39.3 Å². The van der Waals surface area contributed by atoms with Gasteiger partial charge in [-0.25, -0.2) is 4.98 Å². The molecule has 1 aliphatic carbocycles. The van der Waals surface area contributed by atoms with E-state index in [0.717, 1.165) is 62.0 Å². The molecule has 4 heterocycles. The molecule has 1 N–H and O–H groups in total. The molecule has 1 saturated heterocycles. The van der Waals surface area contributed by atoms with Gasteiger partial charge >= 0.3 is 0 Å². The normalized spacial score (nSPS) is 17.2. The first-order chi connectivity index (χ1) is 16.7. The number of fused-ring (bicyclic) bond motifs is 4. The lowest BCUT2D eigenvalue weighted by Crippen LogP contribution is -2.44. The molecule has 0 spiro atoms. The standard InChI is InChI=1S/C27H28N4O2S/c32-25(28-19-12-15-30(16-13-19)17-18-7-2-1-3-8-18)21-10-6-14-31-24(21)29-26-23(27(31)33)20-9-4-5-11-22(20)34-26/h1-3,6-8,10,14,19H,4-5,9,11-13,15-17H2,(H,28,32). The first-order valence-corrected chi connectivity index (χ1v) is 13.0. The van der Waals surface area contributed by atoms with Gasteiger partial charge in [-0.05, 0) is 61.8 Å². The highest BCUT2D eigenvalue weighted by atomic mass is 32.1. The second-order valence-corrected chi connectivity index (χ2v) is 10.5. The molecule has 6 rings (SSSR count). The molecule has 3 aromatic heterocycles. The summed E-state index contributed by atoms with van der Waals surface area (Å²) in [5.74, 6) is -0.146. The number of benzene rings is 1. The zero-order chi connectivity index (χ0) is 23.1. The van der Waals surface area contributed by atoms with E-state index in [0.29, 0.717) is 11.2 Å². The smallest absolute Gasteiger partial charge is 0.266 e. The Labute approximate surface area is 202 Å². The van der Waals surface area contributed by atoms with Gasteiger partial charge in [0.1, 0.15) is 4.83 Å². The number of pyridine rings is 1. The average Bonchev–Trinajstić information content (AvgIpc) is 3.24. The number of carbonyl (C=O) groups excluding carboxylic acids is 1. The van der Waals surface area contributed by atoms with Crippen molar-refractivity contribution in [1.82, 2.24) is 19.6 Å². The van der Waals surface area contributed by atoms with Crippen LogP contribution in [-0.2, 0) is 19.4 Å². The summed E-state index contributed by atoms with van der Waals surface area (Å²) < 4.78 is 1.56. The van der Waals surface area contributed by atoms with E-state index in [1.165, 1.54) is 22.4 Å². The number of rotatable bonds is 4. The molecular formula is C27H28N4O2S. The number of carbonyl (C=O) groups is 1. The SMILES string of the molecule is O=C(NC1CCN(Cc2ccccc2)CC1)c1cccn2c(=O)c3c4c(sc3nc12)CCCC4. The fourth-order valence-corrected chi connectivity index (χ4v) is 6.61. The van der Waals surface area contributed by atoms with Crippen molar-refractivity contribution in [2.75, 3.05) is 13.1 Å². The van der Waals surface area contributed by atoms with Crippen molar-refractivity contribution in [3.05, 3.63) is 80.6 Å². The van der Waals surface area contributed by atoms with E-state index in [9.17, 15) is 9.59 Å². The Morgan fingerprint density at radius 3 is 2.68 bits per heavy atom. The number of likely N-dealkylation sites (tertiary alicyclic amines) is 1. The van der Waals surface area contributed by atoms with Crippen LogP contribution in [0.4, 0.5) is 0 Å². The summed E-state index contributed by atoms with van der Waals surface area (Å²) >= 11 is 1.62. The minimum atomic E-state index is -0.146. The van der Waals surface area contributed by atoms with Crippen molar-refractivity contribution in [3.8, 4) is 0 Å². The van der Waals surface area contributed by atoms with Crippen molar-refractivity contribution in [1.29, 1.82) is 0 Å². The number of hydrogen-bond donors (Lipinski definition) is 1. The van der Waals surface area contributed by atoms with E-state index >= 15 is 0 Å². The van der Waals surface area contributed by atoms with Gasteiger partial charge in [0.05, 0.1) is 10.9 Å². The summed E-state index contributed by atoms with van der Waals surface area (Å²) in [6.07, 6.45) is 7.81. The fourth-order valence-electron chi connectivity index (χ4n) is 5.36. The highest BCUT2D eigenvalue weighted by molar-refractivity contribution is 7.18. The number of nitrogens with zero attached hydrogens (tertiary/aromatic N) is 3. The van der Waals surface area contributed by atoms with Crippen LogP contribution in [0.2, 0.25) is 0 Å². The van der Waals surface area contributed by atoms with Crippen LogP contribution < -0.4 is 10.9 Å². The van der Waals surface area contributed by atoms with E-state index in [-0.39, 0.29) is 17.5 Å². The Bertz CT molecular complexity index is 1420. The molecule has 0 bridgehead atoms. The number of piperidine rings is 1. The molecule has 0 saturated carbocycles. The maximum atomic E-state index is 13.4. The van der Waals surface area contributed by atoms with Crippen LogP contribution in [0, 0.1) is 0 Å². The van der Waals surface area contributed by atoms with Crippen LogP contribution in [0.1, 0.15) is 52.0 Å². The number of nitrogens with one attached hydrogen (secondary N) is 1. The molecule has 1 aliphatic heterocycles. The third-order valence-corrected chi connectivity index (χ3v) is 8.36. The number of hydrogen-bond acceptors (Lipinski definition) is 5. The lowest BCUT2D eigenvalue weighted by atomic mass is 9.97. The van der Waals surface area contributed by atoms with Gasteiger partial charge in [-0.1, -0.05) is 30.3 Å². The second kappa shape index (κ2) is 8.96. The van der Waals surface area contributed by atoms with Crippen LogP contribution in [0.5, 0.6) is 0 Å². The molecule has 0 radical (unpaired) electrons. The van der Waals surface area contributed by atoms with E-state index in [2.05, 4.69) is 34.5 Å². The molecule has 34 heavy (non-hydrogen) atoms. The van der Waals surface area contributed by atoms with Crippen LogP contribution in [0.15, 0.2) is 53.5 Å². The van der Waals surface area contributed by atoms with Crippen molar-refractivity contribution in [2.24, 2.45) is 0 Å². The van der Waals surface area contributed by atoms with E-state index in [1.54, 1.807) is 34.1 Å². The van der Waals surface area contributed by atoms with Crippen LogP contribution >= 0.6 is 11.3 Å². The minimum Gasteiger partial charge on any atom is -0.349 e. The quantitative estimate of drug-likeness (QED) is 0.484. The van der Waals surface area contributed by atoms with Crippen LogP contribution in [0.3, 0.4) is 0 Å². The van der Waals surface area contributed by atoms with E-state index in [1.807, 2.05) is 6.07 Å². The Morgan fingerprint density at radius 1 is 1.06 bits per heavy atom. The molecule has 0 atom stereocenters. The van der Waals surface area contributed by atoms with Gasteiger partial charge in [0.25, 0.3) is 11.5 Å². The predicted molar refractivity (Wildman–Crippen MR) is 136 cm³/mol. The van der Waals surface area contributed by atoms with E-state index in [4.69, 9.17) is 4.98 Å². The van der Waals surface area contributed by atoms with Gasteiger partial charge in [-0.2, -0.15) is 0 Å². The summed E-state index contributed by atoms with van der Waals surface area (Å²) in [7, 11) is 0. The maximum Gasteiger partial charge on any atom is 0.266 e. The van der Waals surface area contributed by atoms with Gasteiger partial charge in [0, 0.05) is 36.8 Å². The largest absolute Gasteiger partial charge is 0.349 e. The topological polar surface area (TPSA) is 66.7 Å². The average molecular weight is 473 g/mol. The van der Waals surface area contributed by atoms with Gasteiger partial charge in [0.15, 0.2) is 5.65 Å². The maximum absolute atomic E-state index is 13.4. The first kappa shape index (κ1) is 21.5. The number of aromatic nitrogens is 2. The van der Waals surface area contributed by atoms with Gasteiger partial charge in [-0.15, -0.1) is 11.3 Å². The molecule has 2 aliphatic rings. The molecular weight excluding hydrogens is 444 g/mol. The zero-order valence-electron chi connectivity index (χ0n) is 19.1. The number of thiophene rings is 1. The molecule has 4 aromatic rings. The summed E-state index contributed by atoms with van der Waals surface area (Å²) in [6.45, 7) is 2.85. The fraction of sp³-hybridized carbons (Fsp3) is 0.370. The molecule has 0 unspecified atom stereocenters. The van der Waals surface area contributed by atoms with E-state index < -0.39 is 0 Å². The third-order valence-electron chi connectivity index (χ3n) is 7.18. The summed E-state index contributed by atoms with van der Waals surface area (Å²) in [5.41, 5.74) is 3.37. The third kappa shape index (κ3) is 3.93. The van der Waals surface area contributed by atoms with Gasteiger partial charge in [0.2, 0.25) is 0 Å². The molecule has 1 fully saturated rings. The van der Waals surface area contributed by atoms with Gasteiger partial charge in [-0.3, -0.25) is 18.9 Å². The van der Waals surface area contributed by atoms with Crippen molar-refractivity contribution < 1.29 is 4.79 Å². The summed E-state index contributed by atoms with van der Waals surface area (Å²) in [6, 6.07) is 14.2. The lowest BCUT2D eigenvalue weighted by molar-refractivity contribution is 0.0910. The summed E-state index contributed by atoms with van der Waals surface area (Å²) in [5, 5.41) is 3.96. The number of aryl methyl sites for hydroxylation is 2. The van der Waals surface area contributed by atoms with Crippen molar-refractivity contribution >= 4 is 33.1 Å². The van der Waals surface area contributed by atoms with Crippen LogP contribution in [0.25, 0.3) is 15.9 Å². The number of amides is 1. The monoisotopic (exact) mass is 472 g/mol. The van der Waals surface area contributed by atoms with Gasteiger partial charge < -0.3 is 5.32 Å².